The predicted octanol–water partition coefficient (Wildman–Crippen LogP) is 2.64. The minimum Gasteiger partial charge on any atom is -0.465 e. The number of anilines is 1. The first-order valence-electron chi connectivity index (χ1n) is 6.43. The molecule has 4 nitrogen and oxygen atoms in total. The molecule has 0 heterocycles. The normalized spacial score (nSPS) is 10.1. The Morgan fingerprint density at radius 2 is 2.16 bits per heavy atom. The van der Waals surface area contributed by atoms with Crippen molar-refractivity contribution in [1.29, 1.82) is 5.26 Å². The first-order valence-corrected chi connectivity index (χ1v) is 6.43. The molecule has 0 atom stereocenters. The standard InChI is InChI=1S/C15H20N2O2/c1-5-19-14(18)10-17(11(2)3)15-12(4)7-6-8-13(15)9-16/h6-8,11H,5,10H2,1-4H3. The average Bonchev–Trinajstić information content (AvgIpc) is 2.36. The second-order valence-electron chi connectivity index (χ2n) is 4.61. The summed E-state index contributed by atoms with van der Waals surface area (Å²) in [5.41, 5.74) is 2.38. The Morgan fingerprint density at radius 3 is 2.68 bits per heavy atom. The van der Waals surface area contributed by atoms with Crippen LogP contribution in [0.15, 0.2) is 18.2 Å². The lowest BCUT2D eigenvalue weighted by atomic mass is 10.1. The van der Waals surface area contributed by atoms with E-state index in [1.165, 1.54) is 0 Å². The molecule has 0 saturated carbocycles. The highest BCUT2D eigenvalue weighted by atomic mass is 16.5. The van der Waals surface area contributed by atoms with E-state index in [9.17, 15) is 10.1 Å². The van der Waals surface area contributed by atoms with Gasteiger partial charge in [0.1, 0.15) is 12.6 Å². The maximum Gasteiger partial charge on any atom is 0.325 e. The van der Waals surface area contributed by atoms with Crippen LogP contribution in [-0.2, 0) is 9.53 Å². The van der Waals surface area contributed by atoms with Crippen molar-refractivity contribution < 1.29 is 9.53 Å². The maximum absolute atomic E-state index is 11.7. The lowest BCUT2D eigenvalue weighted by Gasteiger charge is -2.30. The molecule has 0 aliphatic rings. The zero-order chi connectivity index (χ0) is 14.4. The number of carbonyl (C=O) groups excluding carboxylic acids is 1. The van der Waals surface area contributed by atoms with E-state index in [1.54, 1.807) is 13.0 Å². The highest BCUT2D eigenvalue weighted by Crippen LogP contribution is 2.26. The third-order valence-electron chi connectivity index (χ3n) is 2.87. The molecule has 0 N–H and O–H groups in total. The number of rotatable bonds is 5. The summed E-state index contributed by atoms with van der Waals surface area (Å²) < 4.78 is 4.99. The summed E-state index contributed by atoms with van der Waals surface area (Å²) in [7, 11) is 0. The van der Waals surface area contributed by atoms with Crippen LogP contribution in [0.5, 0.6) is 0 Å². The molecule has 0 fully saturated rings. The molecule has 0 spiro atoms. The van der Waals surface area contributed by atoms with Crippen LogP contribution in [-0.4, -0.2) is 25.2 Å². The minimum absolute atomic E-state index is 0.109. The molecular weight excluding hydrogens is 240 g/mol. The van der Waals surface area contributed by atoms with E-state index < -0.39 is 0 Å². The third-order valence-corrected chi connectivity index (χ3v) is 2.87. The van der Waals surface area contributed by atoms with Crippen molar-refractivity contribution in [3.05, 3.63) is 29.3 Å². The zero-order valence-corrected chi connectivity index (χ0v) is 11.9. The third kappa shape index (κ3) is 3.72. The van der Waals surface area contributed by atoms with E-state index in [2.05, 4.69) is 6.07 Å². The molecule has 1 aromatic carbocycles. The number of nitriles is 1. The number of aryl methyl sites for hydroxylation is 1. The van der Waals surface area contributed by atoms with Gasteiger partial charge in [-0.05, 0) is 39.3 Å². The van der Waals surface area contributed by atoms with Gasteiger partial charge in [0.05, 0.1) is 17.9 Å². The summed E-state index contributed by atoms with van der Waals surface area (Å²) in [4.78, 5) is 13.6. The number of esters is 1. The summed E-state index contributed by atoms with van der Waals surface area (Å²) in [6.07, 6.45) is 0. The first kappa shape index (κ1) is 15.0. The molecule has 0 unspecified atom stereocenters. The second-order valence-corrected chi connectivity index (χ2v) is 4.61. The van der Waals surface area contributed by atoms with E-state index in [1.807, 2.05) is 37.8 Å². The largest absolute Gasteiger partial charge is 0.465 e. The van der Waals surface area contributed by atoms with Gasteiger partial charge >= 0.3 is 5.97 Å². The maximum atomic E-state index is 11.7. The lowest BCUT2D eigenvalue weighted by molar-refractivity contribution is -0.141. The van der Waals surface area contributed by atoms with Crippen molar-refractivity contribution in [2.45, 2.75) is 33.7 Å². The van der Waals surface area contributed by atoms with Crippen LogP contribution in [0.2, 0.25) is 0 Å². The number of nitrogens with zero attached hydrogens (tertiary/aromatic N) is 2. The molecule has 19 heavy (non-hydrogen) atoms. The summed E-state index contributed by atoms with van der Waals surface area (Å²) in [5.74, 6) is -0.275. The number of para-hydroxylation sites is 1. The smallest absolute Gasteiger partial charge is 0.325 e. The van der Waals surface area contributed by atoms with Crippen LogP contribution < -0.4 is 4.90 Å². The molecule has 0 aliphatic carbocycles. The van der Waals surface area contributed by atoms with Gasteiger partial charge in [0.25, 0.3) is 0 Å². The van der Waals surface area contributed by atoms with Crippen molar-refractivity contribution in [2.24, 2.45) is 0 Å². The van der Waals surface area contributed by atoms with Gasteiger partial charge in [-0.2, -0.15) is 5.26 Å². The van der Waals surface area contributed by atoms with Crippen LogP contribution in [0.3, 0.4) is 0 Å². The van der Waals surface area contributed by atoms with Crippen molar-refractivity contribution in [2.75, 3.05) is 18.1 Å². The molecule has 0 bridgehead atoms. The molecule has 0 saturated heterocycles. The number of hydrogen-bond acceptors (Lipinski definition) is 4. The van der Waals surface area contributed by atoms with E-state index >= 15 is 0 Å². The van der Waals surface area contributed by atoms with E-state index in [-0.39, 0.29) is 18.6 Å². The highest BCUT2D eigenvalue weighted by Gasteiger charge is 2.20. The van der Waals surface area contributed by atoms with Gasteiger partial charge in [-0.25, -0.2) is 0 Å². The molecule has 0 aromatic heterocycles. The molecule has 102 valence electrons. The quantitative estimate of drug-likeness (QED) is 0.764. The van der Waals surface area contributed by atoms with Crippen molar-refractivity contribution in [3.63, 3.8) is 0 Å². The zero-order valence-electron chi connectivity index (χ0n) is 11.9. The van der Waals surface area contributed by atoms with Gasteiger partial charge in [0.2, 0.25) is 0 Å². The average molecular weight is 260 g/mol. The summed E-state index contributed by atoms with van der Waals surface area (Å²) in [6.45, 7) is 8.23. The van der Waals surface area contributed by atoms with Gasteiger partial charge in [0.15, 0.2) is 0 Å². The van der Waals surface area contributed by atoms with Crippen LogP contribution in [0.1, 0.15) is 31.9 Å². The fourth-order valence-electron chi connectivity index (χ4n) is 2.00. The Bertz CT molecular complexity index is 489. The number of ether oxygens (including phenoxy) is 1. The molecular formula is C15H20N2O2. The SMILES string of the molecule is CCOC(=O)CN(c1c(C)cccc1C#N)C(C)C. The molecule has 0 aliphatic heterocycles. The van der Waals surface area contributed by atoms with Gasteiger partial charge < -0.3 is 9.64 Å². The minimum atomic E-state index is -0.275. The number of hydrogen-bond donors (Lipinski definition) is 0. The molecule has 4 heteroatoms. The fourth-order valence-corrected chi connectivity index (χ4v) is 2.00. The molecule has 1 aromatic rings. The molecule has 0 amide bonds. The summed E-state index contributed by atoms with van der Waals surface area (Å²) in [5, 5.41) is 9.22. The van der Waals surface area contributed by atoms with Gasteiger partial charge in [-0.3, -0.25) is 4.79 Å². The topological polar surface area (TPSA) is 53.3 Å². The highest BCUT2D eigenvalue weighted by molar-refractivity contribution is 5.78. The van der Waals surface area contributed by atoms with Crippen LogP contribution in [0, 0.1) is 18.3 Å². The van der Waals surface area contributed by atoms with Crippen LogP contribution in [0.25, 0.3) is 0 Å². The van der Waals surface area contributed by atoms with E-state index in [0.717, 1.165) is 11.3 Å². The Kier molecular flexibility index (Phi) is 5.37. The van der Waals surface area contributed by atoms with Crippen molar-refractivity contribution in [1.82, 2.24) is 0 Å². The van der Waals surface area contributed by atoms with Gasteiger partial charge in [-0.1, -0.05) is 12.1 Å². The second kappa shape index (κ2) is 6.79. The van der Waals surface area contributed by atoms with Gasteiger partial charge in [-0.15, -0.1) is 0 Å². The lowest BCUT2D eigenvalue weighted by Crippen LogP contribution is -2.37. The van der Waals surface area contributed by atoms with Crippen molar-refractivity contribution in [3.8, 4) is 6.07 Å². The number of benzene rings is 1. The van der Waals surface area contributed by atoms with Crippen LogP contribution >= 0.6 is 0 Å². The fraction of sp³-hybridized carbons (Fsp3) is 0.467. The summed E-state index contributed by atoms with van der Waals surface area (Å²) in [6, 6.07) is 7.85. The Labute approximate surface area is 114 Å². The number of carbonyl (C=O) groups is 1. The summed E-state index contributed by atoms with van der Waals surface area (Å²) >= 11 is 0. The monoisotopic (exact) mass is 260 g/mol. The van der Waals surface area contributed by atoms with Crippen molar-refractivity contribution >= 4 is 11.7 Å². The molecule has 1 rings (SSSR count). The first-order chi connectivity index (χ1) is 9.01. The van der Waals surface area contributed by atoms with Gasteiger partial charge in [0, 0.05) is 6.04 Å². The Hall–Kier alpha value is -2.02. The Morgan fingerprint density at radius 1 is 1.47 bits per heavy atom. The Balaban J connectivity index is 3.13. The van der Waals surface area contributed by atoms with Crippen LogP contribution in [0.4, 0.5) is 5.69 Å². The van der Waals surface area contributed by atoms with E-state index in [0.29, 0.717) is 12.2 Å². The predicted molar refractivity (Wildman–Crippen MR) is 75.0 cm³/mol. The molecule has 0 radical (unpaired) electrons. The van der Waals surface area contributed by atoms with E-state index in [4.69, 9.17) is 4.74 Å².